The molecule has 2 bridgehead atoms. The number of hydroxylamine groups is 2. The predicted molar refractivity (Wildman–Crippen MR) is 158 cm³/mol. The molecule has 3 N–H and O–H groups in total. The van der Waals surface area contributed by atoms with Gasteiger partial charge in [-0.25, -0.2) is 0 Å². The van der Waals surface area contributed by atoms with Crippen LogP contribution in [0.1, 0.15) is 33.5 Å². The SMILES string of the molecule is CN(C)C(=O)C=Cc1ccc(CN2O[C@@H]3[C@H]4OCO[C@H]4[C@@H]4C[C@]3(C(=O)NCc3cccc(C(=O)NCCO)c3)[C@@H]2C(=O)O4)cc1. The van der Waals surface area contributed by atoms with Gasteiger partial charge >= 0.3 is 5.97 Å². The molecule has 3 aliphatic heterocycles. The average Bonchev–Trinajstić information content (AvgIpc) is 3.67. The van der Waals surface area contributed by atoms with E-state index in [1.54, 1.807) is 44.4 Å². The minimum Gasteiger partial charge on any atom is -0.458 e. The van der Waals surface area contributed by atoms with Gasteiger partial charge in [-0.2, -0.15) is 5.06 Å². The van der Waals surface area contributed by atoms with Crippen LogP contribution in [0.15, 0.2) is 54.6 Å². The minimum atomic E-state index is -1.31. The smallest absolute Gasteiger partial charge is 0.327 e. The molecule has 0 aromatic heterocycles. The molecule has 2 aromatic carbocycles. The molecule has 4 fully saturated rings. The molecule has 0 unspecified atom stereocenters. The largest absolute Gasteiger partial charge is 0.458 e. The van der Waals surface area contributed by atoms with Crippen LogP contribution in [0.5, 0.6) is 0 Å². The lowest BCUT2D eigenvalue weighted by atomic mass is 9.62. The van der Waals surface area contributed by atoms with Crippen LogP contribution in [0.4, 0.5) is 0 Å². The van der Waals surface area contributed by atoms with Gasteiger partial charge in [0, 0.05) is 45.2 Å². The van der Waals surface area contributed by atoms with E-state index >= 15 is 0 Å². The number of fused-ring (bicyclic) bond motifs is 4. The maximum atomic E-state index is 14.2. The zero-order valence-electron chi connectivity index (χ0n) is 25.0. The van der Waals surface area contributed by atoms with Gasteiger partial charge in [0.15, 0.2) is 6.04 Å². The predicted octanol–water partition coefficient (Wildman–Crippen LogP) is 0.368. The number of nitrogens with one attached hydrogen (secondary N) is 2. The summed E-state index contributed by atoms with van der Waals surface area (Å²) in [6.45, 7) is 0.262. The molecule has 2 aromatic rings. The second kappa shape index (κ2) is 12.7. The third-order valence-electron chi connectivity index (χ3n) is 8.71. The van der Waals surface area contributed by atoms with Crippen molar-refractivity contribution < 1.29 is 43.3 Å². The van der Waals surface area contributed by atoms with Gasteiger partial charge < -0.3 is 34.9 Å². The van der Waals surface area contributed by atoms with Crippen molar-refractivity contribution in [2.24, 2.45) is 5.41 Å². The molecule has 45 heavy (non-hydrogen) atoms. The van der Waals surface area contributed by atoms with E-state index in [-0.39, 0.29) is 57.2 Å². The van der Waals surface area contributed by atoms with E-state index in [1.165, 1.54) is 16.0 Å². The van der Waals surface area contributed by atoms with Crippen molar-refractivity contribution in [2.75, 3.05) is 34.0 Å². The molecule has 3 saturated heterocycles. The summed E-state index contributed by atoms with van der Waals surface area (Å²) in [6.07, 6.45) is 0.785. The average molecular weight is 621 g/mol. The van der Waals surface area contributed by atoms with Gasteiger partial charge in [-0.05, 0) is 34.9 Å². The highest BCUT2D eigenvalue weighted by Crippen LogP contribution is 2.55. The monoisotopic (exact) mass is 620 g/mol. The van der Waals surface area contributed by atoms with Crippen LogP contribution in [-0.2, 0) is 46.5 Å². The lowest BCUT2D eigenvalue weighted by molar-refractivity contribution is -0.201. The van der Waals surface area contributed by atoms with Crippen molar-refractivity contribution in [1.82, 2.24) is 20.6 Å². The van der Waals surface area contributed by atoms with E-state index in [0.29, 0.717) is 11.1 Å². The molecule has 6 atom stereocenters. The van der Waals surface area contributed by atoms with Crippen molar-refractivity contribution in [2.45, 2.75) is 50.0 Å². The Labute approximate surface area is 260 Å². The maximum Gasteiger partial charge on any atom is 0.327 e. The first-order chi connectivity index (χ1) is 21.7. The van der Waals surface area contributed by atoms with E-state index in [1.807, 2.05) is 24.3 Å². The highest BCUT2D eigenvalue weighted by Gasteiger charge is 2.74. The first kappa shape index (κ1) is 30.9. The number of likely N-dealkylation sites (N-methyl/N-ethyl adjacent to an activating group) is 1. The Morgan fingerprint density at radius 2 is 1.84 bits per heavy atom. The van der Waals surface area contributed by atoms with Crippen LogP contribution in [0.3, 0.4) is 0 Å². The number of nitrogens with zero attached hydrogens (tertiary/aromatic N) is 2. The van der Waals surface area contributed by atoms with Crippen molar-refractivity contribution in [1.29, 1.82) is 0 Å². The van der Waals surface area contributed by atoms with Gasteiger partial charge in [0.25, 0.3) is 5.91 Å². The van der Waals surface area contributed by atoms with Crippen LogP contribution < -0.4 is 10.6 Å². The zero-order chi connectivity index (χ0) is 31.7. The van der Waals surface area contributed by atoms with Crippen molar-refractivity contribution >= 4 is 29.8 Å². The van der Waals surface area contributed by atoms with E-state index < -0.39 is 41.8 Å². The second-order valence-electron chi connectivity index (χ2n) is 11.8. The molecule has 0 radical (unpaired) electrons. The summed E-state index contributed by atoms with van der Waals surface area (Å²) < 4.78 is 17.5. The normalized spacial score (nSPS) is 28.4. The quantitative estimate of drug-likeness (QED) is 0.251. The molecular formula is C32H36N4O9. The number of hydrogen-bond donors (Lipinski definition) is 3. The number of aliphatic hydroxyl groups excluding tert-OH is 1. The molecular weight excluding hydrogens is 584 g/mol. The first-order valence-electron chi connectivity index (χ1n) is 14.8. The Hall–Kier alpha value is -4.14. The lowest BCUT2D eigenvalue weighted by Gasteiger charge is -2.48. The summed E-state index contributed by atoms with van der Waals surface area (Å²) >= 11 is 0. The molecule has 0 spiro atoms. The number of benzene rings is 2. The van der Waals surface area contributed by atoms with Gasteiger partial charge in [-0.3, -0.25) is 24.0 Å². The van der Waals surface area contributed by atoms with Gasteiger partial charge in [0.1, 0.15) is 36.6 Å². The van der Waals surface area contributed by atoms with Gasteiger partial charge in [-0.1, -0.05) is 36.4 Å². The molecule has 13 heteroatoms. The van der Waals surface area contributed by atoms with Gasteiger partial charge in [0.2, 0.25) is 11.8 Å². The third-order valence-corrected chi connectivity index (χ3v) is 8.71. The maximum absolute atomic E-state index is 14.2. The number of hydrogen-bond acceptors (Lipinski definition) is 10. The third kappa shape index (κ3) is 5.85. The standard InChI is InChI=1S/C32H36N4O9/c1-35(2)24(38)11-10-19-6-8-20(9-7-19)17-36-27-30(40)44-23-15-32(27,28(45-36)26-25(23)42-18-43-26)31(41)34-16-21-4-3-5-22(14-21)29(39)33-12-13-37/h3-11,14,23,25-28,37H,12-13,15-18H2,1-2H3,(H,33,39)(H,34,41)/t23-,25-,26-,27-,28+,32-/m0/s1. The fourth-order valence-electron chi connectivity index (χ4n) is 6.50. The molecule has 238 valence electrons. The van der Waals surface area contributed by atoms with E-state index in [0.717, 1.165) is 11.1 Å². The number of carbonyl (C=O) groups is 4. The van der Waals surface area contributed by atoms with Crippen molar-refractivity contribution in [3.05, 3.63) is 76.9 Å². The van der Waals surface area contributed by atoms with Gasteiger partial charge in [0.05, 0.1) is 13.2 Å². The number of aliphatic hydroxyl groups is 1. The topological polar surface area (TPSA) is 156 Å². The van der Waals surface area contributed by atoms with E-state index in [9.17, 15) is 19.2 Å². The number of carbonyl (C=O) groups excluding carboxylic acids is 4. The molecule has 1 saturated carbocycles. The lowest BCUT2D eigenvalue weighted by Crippen LogP contribution is -2.69. The summed E-state index contributed by atoms with van der Waals surface area (Å²) in [7, 11) is 3.36. The molecule has 1 aliphatic carbocycles. The molecule has 6 rings (SSSR count). The summed E-state index contributed by atoms with van der Waals surface area (Å²) in [6, 6.07) is 13.2. The first-order valence-corrected chi connectivity index (χ1v) is 14.8. The van der Waals surface area contributed by atoms with Gasteiger partial charge in [-0.15, -0.1) is 0 Å². The van der Waals surface area contributed by atoms with Crippen LogP contribution in [0, 0.1) is 5.41 Å². The van der Waals surface area contributed by atoms with Crippen molar-refractivity contribution in [3.8, 4) is 0 Å². The molecule has 3 heterocycles. The summed E-state index contributed by atoms with van der Waals surface area (Å²) in [5.41, 5.74) is 1.43. The Balaban J connectivity index is 1.23. The highest BCUT2D eigenvalue weighted by molar-refractivity contribution is 5.95. The molecule has 13 nitrogen and oxygen atoms in total. The zero-order valence-corrected chi connectivity index (χ0v) is 25.0. The number of rotatable bonds is 10. The summed E-state index contributed by atoms with van der Waals surface area (Å²) in [4.78, 5) is 60.0. The summed E-state index contributed by atoms with van der Waals surface area (Å²) in [5.74, 6) is -1.41. The van der Waals surface area contributed by atoms with E-state index in [2.05, 4.69) is 10.6 Å². The van der Waals surface area contributed by atoms with Crippen LogP contribution >= 0.6 is 0 Å². The van der Waals surface area contributed by atoms with E-state index in [4.69, 9.17) is 24.2 Å². The number of esters is 1. The number of amides is 3. The highest BCUT2D eigenvalue weighted by atomic mass is 16.8. The van der Waals surface area contributed by atoms with Crippen LogP contribution in [-0.4, -0.2) is 103 Å². The Bertz CT molecular complexity index is 1500. The molecule has 4 aliphatic rings. The Morgan fingerprint density at radius 3 is 2.60 bits per heavy atom. The Morgan fingerprint density at radius 1 is 1.07 bits per heavy atom. The molecule has 3 amide bonds. The van der Waals surface area contributed by atoms with Crippen LogP contribution in [0.2, 0.25) is 0 Å². The fraction of sp³-hybridized carbons (Fsp3) is 0.438. The number of ether oxygens (including phenoxy) is 3. The fourth-order valence-corrected chi connectivity index (χ4v) is 6.50. The second-order valence-corrected chi connectivity index (χ2v) is 11.8. The summed E-state index contributed by atoms with van der Waals surface area (Å²) in [5, 5.41) is 16.1. The minimum absolute atomic E-state index is 0.00204. The Kier molecular flexibility index (Phi) is 8.71. The van der Waals surface area contributed by atoms with Crippen molar-refractivity contribution in [3.63, 3.8) is 0 Å². The van der Waals surface area contributed by atoms with Crippen LogP contribution in [0.25, 0.3) is 6.08 Å².